The number of benzene rings is 2. The lowest BCUT2D eigenvalue weighted by molar-refractivity contribution is 1.13. The van der Waals surface area contributed by atoms with Gasteiger partial charge in [-0.1, -0.05) is 36.4 Å². The number of halogens is 1. The number of para-hydroxylation sites is 1. The van der Waals surface area contributed by atoms with Crippen LogP contribution in [0.3, 0.4) is 0 Å². The molecule has 0 amide bonds. The van der Waals surface area contributed by atoms with Crippen molar-refractivity contribution in [2.45, 2.75) is 4.90 Å². The van der Waals surface area contributed by atoms with Crippen molar-refractivity contribution >= 4 is 47.4 Å². The van der Waals surface area contributed by atoms with Crippen LogP contribution in [-0.2, 0) is 0 Å². The largest absolute Gasteiger partial charge is 0.370 e. The van der Waals surface area contributed by atoms with Crippen molar-refractivity contribution in [2.75, 3.05) is 17.6 Å². The Morgan fingerprint density at radius 1 is 1.00 bits per heavy atom. The highest BCUT2D eigenvalue weighted by molar-refractivity contribution is 14.0. The van der Waals surface area contributed by atoms with Crippen LogP contribution in [0.1, 0.15) is 0 Å². The Morgan fingerprint density at radius 3 is 2.25 bits per heavy atom. The predicted molar refractivity (Wildman–Crippen MR) is 99.1 cm³/mol. The molecule has 2 aromatic rings. The first-order valence-corrected chi connectivity index (χ1v) is 7.13. The Kier molecular flexibility index (Phi) is 8.13. The van der Waals surface area contributed by atoms with Crippen molar-refractivity contribution in [1.29, 1.82) is 0 Å². The van der Waals surface area contributed by atoms with Gasteiger partial charge in [-0.05, 0) is 24.3 Å². The number of rotatable bonds is 5. The van der Waals surface area contributed by atoms with E-state index < -0.39 is 0 Å². The molecule has 20 heavy (non-hydrogen) atoms. The second kappa shape index (κ2) is 9.66. The molecule has 0 heterocycles. The summed E-state index contributed by atoms with van der Waals surface area (Å²) in [5, 5.41) is 3.06. The van der Waals surface area contributed by atoms with Crippen molar-refractivity contribution < 1.29 is 0 Å². The number of nitrogens with one attached hydrogen (secondary N) is 1. The molecule has 5 heteroatoms. The standard InChI is InChI=1S/C15H17N3S.HI/c16-15(18-13-7-3-1-4-8-13)17-11-12-19-14-9-5-2-6-10-14;/h1-10H,11-12H2,(H3,16,17,18);1H. The van der Waals surface area contributed by atoms with E-state index in [4.69, 9.17) is 5.73 Å². The third-order valence-electron chi connectivity index (χ3n) is 2.43. The van der Waals surface area contributed by atoms with Crippen LogP contribution in [0.25, 0.3) is 0 Å². The van der Waals surface area contributed by atoms with Gasteiger partial charge in [0.15, 0.2) is 5.96 Å². The van der Waals surface area contributed by atoms with Gasteiger partial charge in [0.1, 0.15) is 0 Å². The first kappa shape index (κ1) is 16.8. The van der Waals surface area contributed by atoms with E-state index in [-0.39, 0.29) is 24.0 Å². The Hall–Kier alpha value is -1.21. The lowest BCUT2D eigenvalue weighted by Gasteiger charge is -2.05. The molecule has 106 valence electrons. The Bertz CT molecular complexity index is 517. The molecule has 0 aliphatic heterocycles. The van der Waals surface area contributed by atoms with Crippen LogP contribution in [0.4, 0.5) is 5.69 Å². The summed E-state index contributed by atoms with van der Waals surface area (Å²) in [5.41, 5.74) is 6.77. The normalized spacial score (nSPS) is 10.7. The quantitative estimate of drug-likeness (QED) is 0.264. The van der Waals surface area contributed by atoms with Crippen LogP contribution in [0.15, 0.2) is 70.6 Å². The van der Waals surface area contributed by atoms with Gasteiger partial charge in [0, 0.05) is 16.3 Å². The third kappa shape index (κ3) is 6.29. The van der Waals surface area contributed by atoms with E-state index >= 15 is 0 Å². The Balaban J connectivity index is 0.00000200. The monoisotopic (exact) mass is 399 g/mol. The third-order valence-corrected chi connectivity index (χ3v) is 3.42. The van der Waals surface area contributed by atoms with Gasteiger partial charge in [-0.15, -0.1) is 35.7 Å². The van der Waals surface area contributed by atoms with Crippen LogP contribution < -0.4 is 11.1 Å². The smallest absolute Gasteiger partial charge is 0.193 e. The van der Waals surface area contributed by atoms with Crippen molar-refractivity contribution in [3.8, 4) is 0 Å². The number of nitrogens with two attached hydrogens (primary N) is 1. The van der Waals surface area contributed by atoms with Crippen LogP contribution in [0.5, 0.6) is 0 Å². The fourth-order valence-electron chi connectivity index (χ4n) is 1.56. The highest BCUT2D eigenvalue weighted by Gasteiger charge is 1.94. The number of nitrogens with zero attached hydrogens (tertiary/aromatic N) is 1. The number of hydrogen-bond acceptors (Lipinski definition) is 2. The summed E-state index contributed by atoms with van der Waals surface area (Å²) < 4.78 is 0. The summed E-state index contributed by atoms with van der Waals surface area (Å²) in [6.07, 6.45) is 0. The molecule has 0 bridgehead atoms. The van der Waals surface area contributed by atoms with Gasteiger partial charge in [-0.2, -0.15) is 0 Å². The maximum absolute atomic E-state index is 5.81. The van der Waals surface area contributed by atoms with Crippen LogP contribution in [0, 0.1) is 0 Å². The molecule has 0 spiro atoms. The SMILES string of the molecule is I.NC(=NCCSc1ccccc1)Nc1ccccc1. The molecule has 3 nitrogen and oxygen atoms in total. The molecule has 0 aromatic heterocycles. The summed E-state index contributed by atoms with van der Waals surface area (Å²) in [6, 6.07) is 20.1. The average molecular weight is 399 g/mol. The number of anilines is 1. The van der Waals surface area contributed by atoms with E-state index in [1.807, 2.05) is 48.5 Å². The number of guanidine groups is 1. The van der Waals surface area contributed by atoms with Crippen LogP contribution >= 0.6 is 35.7 Å². The molecular weight excluding hydrogens is 381 g/mol. The summed E-state index contributed by atoms with van der Waals surface area (Å²) in [6.45, 7) is 0.700. The number of thioether (sulfide) groups is 1. The minimum absolute atomic E-state index is 0. The zero-order valence-corrected chi connectivity index (χ0v) is 14.2. The van der Waals surface area contributed by atoms with E-state index in [9.17, 15) is 0 Å². The molecule has 3 N–H and O–H groups in total. The molecule has 2 rings (SSSR count). The van der Waals surface area contributed by atoms with Gasteiger partial charge in [0.05, 0.1) is 6.54 Å². The number of hydrogen-bond donors (Lipinski definition) is 2. The zero-order chi connectivity index (χ0) is 13.3. The molecule has 2 aromatic carbocycles. The van der Waals surface area contributed by atoms with Crippen molar-refractivity contribution in [3.05, 3.63) is 60.7 Å². The van der Waals surface area contributed by atoms with Gasteiger partial charge in [-0.25, -0.2) is 0 Å². The molecule has 0 unspecified atom stereocenters. The van der Waals surface area contributed by atoms with Crippen molar-refractivity contribution in [2.24, 2.45) is 10.7 Å². The van der Waals surface area contributed by atoms with Crippen molar-refractivity contribution in [3.63, 3.8) is 0 Å². The van der Waals surface area contributed by atoms with Crippen LogP contribution in [-0.4, -0.2) is 18.3 Å². The first-order chi connectivity index (χ1) is 9.34. The zero-order valence-electron chi connectivity index (χ0n) is 11.0. The average Bonchev–Trinajstić information content (AvgIpc) is 2.46. The van der Waals surface area contributed by atoms with Gasteiger partial charge >= 0.3 is 0 Å². The molecular formula is C15H18IN3S. The lowest BCUT2D eigenvalue weighted by atomic mass is 10.3. The van der Waals surface area contributed by atoms with Crippen LogP contribution in [0.2, 0.25) is 0 Å². The van der Waals surface area contributed by atoms with Gasteiger partial charge in [0.25, 0.3) is 0 Å². The Labute approximate surface area is 141 Å². The molecule has 0 fully saturated rings. The summed E-state index contributed by atoms with van der Waals surface area (Å²) >= 11 is 1.78. The molecule has 0 radical (unpaired) electrons. The first-order valence-electron chi connectivity index (χ1n) is 6.14. The molecule has 0 aliphatic carbocycles. The van der Waals surface area contributed by atoms with E-state index in [1.54, 1.807) is 11.8 Å². The molecule has 0 saturated carbocycles. The fraction of sp³-hybridized carbons (Fsp3) is 0.133. The molecule has 0 saturated heterocycles. The summed E-state index contributed by atoms with van der Waals surface area (Å²) in [4.78, 5) is 5.55. The van der Waals surface area contributed by atoms with E-state index in [0.29, 0.717) is 12.5 Å². The van der Waals surface area contributed by atoms with Gasteiger partial charge < -0.3 is 11.1 Å². The van der Waals surface area contributed by atoms with E-state index in [1.165, 1.54) is 4.90 Å². The van der Waals surface area contributed by atoms with E-state index in [2.05, 4.69) is 22.4 Å². The fourth-order valence-corrected chi connectivity index (χ4v) is 2.32. The predicted octanol–water partition coefficient (Wildman–Crippen LogP) is 3.82. The second-order valence-electron chi connectivity index (χ2n) is 3.92. The van der Waals surface area contributed by atoms with Gasteiger partial charge in [-0.3, -0.25) is 4.99 Å². The van der Waals surface area contributed by atoms with Gasteiger partial charge in [0.2, 0.25) is 0 Å². The molecule has 0 aliphatic rings. The molecule has 0 atom stereocenters. The second-order valence-corrected chi connectivity index (χ2v) is 5.09. The highest BCUT2D eigenvalue weighted by atomic mass is 127. The maximum atomic E-state index is 5.81. The topological polar surface area (TPSA) is 50.4 Å². The van der Waals surface area contributed by atoms with E-state index in [0.717, 1.165) is 11.4 Å². The maximum Gasteiger partial charge on any atom is 0.193 e. The number of aliphatic imine (C=N–C) groups is 1. The summed E-state index contributed by atoms with van der Waals surface area (Å²) in [7, 11) is 0. The Morgan fingerprint density at radius 2 is 1.60 bits per heavy atom. The van der Waals surface area contributed by atoms with Crippen molar-refractivity contribution in [1.82, 2.24) is 0 Å². The highest BCUT2D eigenvalue weighted by Crippen LogP contribution is 2.16. The summed E-state index contributed by atoms with van der Waals surface area (Å²) in [5.74, 6) is 1.38. The minimum Gasteiger partial charge on any atom is -0.370 e. The minimum atomic E-state index is 0. The lowest BCUT2D eigenvalue weighted by Crippen LogP contribution is -2.22.